The van der Waals surface area contributed by atoms with Gasteiger partial charge in [0.25, 0.3) is 0 Å². The van der Waals surface area contributed by atoms with Crippen LogP contribution in [0.3, 0.4) is 0 Å². The first kappa shape index (κ1) is 20.1. The number of hydrogen-bond donors (Lipinski definition) is 3. The summed E-state index contributed by atoms with van der Waals surface area (Å²) in [7, 11) is 0. The number of fused-ring (bicyclic) bond motifs is 1. The van der Waals surface area contributed by atoms with Crippen molar-refractivity contribution in [2.24, 2.45) is 5.92 Å². The number of anilines is 1. The maximum atomic E-state index is 10.6. The zero-order valence-corrected chi connectivity index (χ0v) is 16.5. The predicted octanol–water partition coefficient (Wildman–Crippen LogP) is 2.00. The van der Waals surface area contributed by atoms with Crippen molar-refractivity contribution < 1.29 is 14.9 Å². The van der Waals surface area contributed by atoms with Gasteiger partial charge in [0.05, 0.1) is 12.4 Å². The number of aromatic nitrogens is 4. The highest BCUT2D eigenvalue weighted by molar-refractivity contribution is 7.80. The quantitative estimate of drug-likeness (QED) is 0.583. The standard InChI is InChI=1S/C18H27N5O3S/c1-3-5-10(6-11(27)4-2)7-12-14(24)15(25)18(26-12)23-9-22-13-16(19)20-8-21-17(13)23/h8-10,12,14-15,18,24-25H,3-7H2,1-2H3,(H2,19,20,21)/t10?,12-,14-,15-,18-/m1/s1. The fourth-order valence-corrected chi connectivity index (χ4v) is 3.95. The lowest BCUT2D eigenvalue weighted by molar-refractivity contribution is -0.0414. The number of thiocarbonyl (C=S) groups is 1. The van der Waals surface area contributed by atoms with Crippen molar-refractivity contribution in [3.63, 3.8) is 0 Å². The van der Waals surface area contributed by atoms with E-state index in [1.807, 2.05) is 0 Å². The van der Waals surface area contributed by atoms with Gasteiger partial charge >= 0.3 is 0 Å². The van der Waals surface area contributed by atoms with Crippen LogP contribution in [0.4, 0.5) is 5.82 Å². The van der Waals surface area contributed by atoms with Gasteiger partial charge in [-0.1, -0.05) is 38.9 Å². The van der Waals surface area contributed by atoms with Crippen molar-refractivity contribution in [2.45, 2.75) is 70.5 Å². The lowest BCUT2D eigenvalue weighted by Gasteiger charge is -2.22. The first-order chi connectivity index (χ1) is 13.0. The minimum absolute atomic E-state index is 0.263. The van der Waals surface area contributed by atoms with Crippen LogP contribution in [0.15, 0.2) is 12.7 Å². The van der Waals surface area contributed by atoms with Gasteiger partial charge in [-0.05, 0) is 30.0 Å². The summed E-state index contributed by atoms with van der Waals surface area (Å²) in [5.74, 6) is 0.588. The first-order valence-corrected chi connectivity index (χ1v) is 9.83. The summed E-state index contributed by atoms with van der Waals surface area (Å²) in [4.78, 5) is 13.4. The van der Waals surface area contributed by atoms with Crippen LogP contribution in [0.2, 0.25) is 0 Å². The van der Waals surface area contributed by atoms with Crippen LogP contribution < -0.4 is 5.73 Å². The Kier molecular flexibility index (Phi) is 6.36. The molecule has 2 aromatic rings. The fraction of sp³-hybridized carbons (Fsp3) is 0.667. The largest absolute Gasteiger partial charge is 0.388 e. The van der Waals surface area contributed by atoms with Gasteiger partial charge in [-0.2, -0.15) is 0 Å². The molecule has 0 amide bonds. The van der Waals surface area contributed by atoms with Gasteiger partial charge in [0.2, 0.25) is 0 Å². The monoisotopic (exact) mass is 393 g/mol. The summed E-state index contributed by atoms with van der Waals surface area (Å²) < 4.78 is 7.65. The molecule has 1 aliphatic heterocycles. The van der Waals surface area contributed by atoms with E-state index in [1.165, 1.54) is 12.7 Å². The van der Waals surface area contributed by atoms with E-state index in [1.54, 1.807) is 4.57 Å². The van der Waals surface area contributed by atoms with Crippen molar-refractivity contribution >= 4 is 34.1 Å². The molecule has 27 heavy (non-hydrogen) atoms. The number of ether oxygens (including phenoxy) is 1. The smallest absolute Gasteiger partial charge is 0.167 e. The van der Waals surface area contributed by atoms with Gasteiger partial charge in [0, 0.05) is 0 Å². The Morgan fingerprint density at radius 3 is 2.78 bits per heavy atom. The second kappa shape index (κ2) is 8.55. The highest BCUT2D eigenvalue weighted by Gasteiger charge is 2.44. The van der Waals surface area contributed by atoms with E-state index >= 15 is 0 Å². The summed E-state index contributed by atoms with van der Waals surface area (Å²) in [6.45, 7) is 4.19. The van der Waals surface area contributed by atoms with Gasteiger partial charge in [0.1, 0.15) is 24.1 Å². The van der Waals surface area contributed by atoms with Crippen LogP contribution in [0.5, 0.6) is 0 Å². The third-order valence-corrected chi connectivity index (χ3v) is 5.63. The second-order valence-corrected chi connectivity index (χ2v) is 7.69. The third-order valence-electron chi connectivity index (χ3n) is 5.17. The Labute approximate surface area is 163 Å². The molecule has 3 heterocycles. The molecule has 1 saturated heterocycles. The molecule has 5 atom stereocenters. The SMILES string of the molecule is CCCC(CC(=S)CC)C[C@H]1O[C@@H](n2cnc3c(N)ncnc32)[C@H](O)[C@@H]1O. The molecule has 0 spiro atoms. The van der Waals surface area contributed by atoms with E-state index in [-0.39, 0.29) is 5.82 Å². The zero-order chi connectivity index (χ0) is 19.6. The lowest BCUT2D eigenvalue weighted by Crippen LogP contribution is -2.32. The van der Waals surface area contributed by atoms with E-state index < -0.39 is 24.5 Å². The van der Waals surface area contributed by atoms with Crippen molar-refractivity contribution in [1.29, 1.82) is 0 Å². The van der Waals surface area contributed by atoms with Crippen molar-refractivity contribution in [3.05, 3.63) is 12.7 Å². The van der Waals surface area contributed by atoms with Crippen LogP contribution >= 0.6 is 12.2 Å². The number of nitrogens with zero attached hydrogens (tertiary/aromatic N) is 4. The molecular weight excluding hydrogens is 366 g/mol. The minimum Gasteiger partial charge on any atom is -0.388 e. The Morgan fingerprint density at radius 1 is 1.30 bits per heavy atom. The van der Waals surface area contributed by atoms with E-state index in [9.17, 15) is 10.2 Å². The predicted molar refractivity (Wildman–Crippen MR) is 106 cm³/mol. The number of nitrogen functional groups attached to an aromatic ring is 1. The van der Waals surface area contributed by atoms with Crippen molar-refractivity contribution in [3.8, 4) is 0 Å². The summed E-state index contributed by atoms with van der Waals surface area (Å²) in [6, 6.07) is 0. The molecule has 0 bridgehead atoms. The van der Waals surface area contributed by atoms with Crippen LogP contribution in [0.25, 0.3) is 11.2 Å². The highest BCUT2D eigenvalue weighted by Crippen LogP contribution is 2.35. The Hall–Kier alpha value is -1.68. The molecule has 3 rings (SSSR count). The van der Waals surface area contributed by atoms with Gasteiger partial charge < -0.3 is 20.7 Å². The van der Waals surface area contributed by atoms with Gasteiger partial charge in [0.15, 0.2) is 17.7 Å². The van der Waals surface area contributed by atoms with E-state index in [0.717, 1.165) is 30.5 Å². The molecule has 8 nitrogen and oxygen atoms in total. The van der Waals surface area contributed by atoms with Gasteiger partial charge in [-0.15, -0.1) is 0 Å². The molecule has 1 unspecified atom stereocenters. The molecular formula is C18H27N5O3S. The average Bonchev–Trinajstić information content (AvgIpc) is 3.19. The molecule has 148 valence electrons. The van der Waals surface area contributed by atoms with E-state index in [0.29, 0.717) is 23.5 Å². The summed E-state index contributed by atoms with van der Waals surface area (Å²) in [5.41, 5.74) is 6.74. The molecule has 0 aliphatic carbocycles. The van der Waals surface area contributed by atoms with Gasteiger partial charge in [-0.25, -0.2) is 15.0 Å². The number of nitrogens with two attached hydrogens (primary N) is 1. The maximum Gasteiger partial charge on any atom is 0.167 e. The Balaban J connectivity index is 1.78. The highest BCUT2D eigenvalue weighted by atomic mass is 32.1. The maximum absolute atomic E-state index is 10.6. The van der Waals surface area contributed by atoms with Crippen molar-refractivity contribution in [2.75, 3.05) is 5.73 Å². The molecule has 2 aromatic heterocycles. The normalized spacial score (nSPS) is 26.5. The Bertz CT molecular complexity index is 798. The molecule has 0 radical (unpaired) electrons. The number of aliphatic hydroxyl groups is 2. The van der Waals surface area contributed by atoms with E-state index in [2.05, 4.69) is 28.8 Å². The molecule has 9 heteroatoms. The number of aliphatic hydroxyl groups excluding tert-OH is 2. The topological polar surface area (TPSA) is 119 Å². The summed E-state index contributed by atoms with van der Waals surface area (Å²) >= 11 is 5.40. The minimum atomic E-state index is -1.08. The number of imidazole rings is 1. The number of hydrogen-bond acceptors (Lipinski definition) is 8. The molecule has 4 N–H and O–H groups in total. The Morgan fingerprint density at radius 2 is 2.07 bits per heavy atom. The summed E-state index contributed by atoms with van der Waals surface area (Å²) in [5, 5.41) is 21.1. The van der Waals surface area contributed by atoms with E-state index in [4.69, 9.17) is 22.7 Å². The van der Waals surface area contributed by atoms with Crippen LogP contribution in [0, 0.1) is 5.92 Å². The van der Waals surface area contributed by atoms with Crippen LogP contribution in [-0.4, -0.2) is 52.9 Å². The second-order valence-electron chi connectivity index (χ2n) is 7.12. The zero-order valence-electron chi connectivity index (χ0n) is 15.7. The third kappa shape index (κ3) is 4.11. The van der Waals surface area contributed by atoms with Crippen LogP contribution in [-0.2, 0) is 4.74 Å². The number of rotatable bonds is 8. The summed E-state index contributed by atoms with van der Waals surface area (Å²) in [6.07, 6.45) is 3.93. The molecule has 1 fully saturated rings. The molecule has 0 saturated carbocycles. The fourth-order valence-electron chi connectivity index (χ4n) is 3.72. The average molecular weight is 394 g/mol. The molecule has 0 aromatic carbocycles. The van der Waals surface area contributed by atoms with Crippen LogP contribution in [0.1, 0.15) is 52.2 Å². The lowest BCUT2D eigenvalue weighted by atomic mass is 9.89. The first-order valence-electron chi connectivity index (χ1n) is 9.42. The molecule has 1 aliphatic rings. The van der Waals surface area contributed by atoms with Crippen molar-refractivity contribution in [1.82, 2.24) is 19.5 Å². The van der Waals surface area contributed by atoms with Gasteiger partial charge in [-0.3, -0.25) is 4.57 Å².